The van der Waals surface area contributed by atoms with Crippen LogP contribution in [0.4, 0.5) is 8.78 Å². The van der Waals surface area contributed by atoms with E-state index < -0.39 is 11.6 Å². The van der Waals surface area contributed by atoms with E-state index in [2.05, 4.69) is 6.07 Å². The monoisotopic (exact) mass is 378 g/mol. The highest BCUT2D eigenvalue weighted by molar-refractivity contribution is 7.09. The van der Waals surface area contributed by atoms with Gasteiger partial charge in [-0.15, -0.1) is 11.3 Å². The quantitative estimate of drug-likeness (QED) is 0.801. The number of halogens is 2. The SMILES string of the molecule is O=C(CCCc1cccs1)N1CCN(C(=O)c2ccc(F)c(F)c2)CC1. The van der Waals surface area contributed by atoms with Gasteiger partial charge in [0.2, 0.25) is 5.91 Å². The van der Waals surface area contributed by atoms with Gasteiger partial charge in [0.05, 0.1) is 0 Å². The van der Waals surface area contributed by atoms with E-state index in [1.165, 1.54) is 10.9 Å². The molecule has 0 aliphatic carbocycles. The van der Waals surface area contributed by atoms with Gasteiger partial charge >= 0.3 is 0 Å². The predicted octanol–water partition coefficient (Wildman–Crippen LogP) is 3.33. The number of benzene rings is 1. The zero-order chi connectivity index (χ0) is 18.5. The summed E-state index contributed by atoms with van der Waals surface area (Å²) in [7, 11) is 0. The second-order valence-electron chi connectivity index (χ2n) is 6.23. The van der Waals surface area contributed by atoms with Gasteiger partial charge in [-0.25, -0.2) is 8.78 Å². The minimum Gasteiger partial charge on any atom is -0.339 e. The average Bonchev–Trinajstić information content (AvgIpc) is 3.17. The summed E-state index contributed by atoms with van der Waals surface area (Å²) in [6.45, 7) is 1.73. The molecular formula is C19H20F2N2O2S. The number of thiophene rings is 1. The first-order chi connectivity index (χ1) is 12.5. The number of hydrogen-bond donors (Lipinski definition) is 0. The zero-order valence-electron chi connectivity index (χ0n) is 14.3. The third-order valence-electron chi connectivity index (χ3n) is 4.48. The standard InChI is InChI=1S/C19H20F2N2O2S/c20-16-7-6-14(13-17(16)21)19(25)23-10-8-22(9-11-23)18(24)5-1-3-15-4-2-12-26-15/h2,4,6-7,12-13H,1,3,5,8-11H2. The average molecular weight is 378 g/mol. The van der Waals surface area contributed by atoms with Crippen molar-refractivity contribution in [3.63, 3.8) is 0 Å². The first kappa shape index (κ1) is 18.5. The molecule has 1 aliphatic rings. The number of amides is 2. The van der Waals surface area contributed by atoms with Gasteiger partial charge in [-0.1, -0.05) is 6.07 Å². The molecule has 0 atom stereocenters. The molecule has 0 saturated carbocycles. The molecule has 4 nitrogen and oxygen atoms in total. The minimum atomic E-state index is -1.03. The molecular weight excluding hydrogens is 358 g/mol. The summed E-state index contributed by atoms with van der Waals surface area (Å²) in [5.74, 6) is -2.25. The lowest BCUT2D eigenvalue weighted by atomic mass is 10.1. The van der Waals surface area contributed by atoms with Crippen molar-refractivity contribution < 1.29 is 18.4 Å². The summed E-state index contributed by atoms with van der Waals surface area (Å²) in [5, 5.41) is 2.03. The molecule has 2 amide bonds. The molecule has 1 fully saturated rings. The number of rotatable bonds is 5. The normalized spacial score (nSPS) is 14.5. The highest BCUT2D eigenvalue weighted by Gasteiger charge is 2.25. The molecule has 2 heterocycles. The fourth-order valence-corrected chi connectivity index (χ4v) is 3.75. The predicted molar refractivity (Wildman–Crippen MR) is 96.1 cm³/mol. The Balaban J connectivity index is 1.46. The Kier molecular flexibility index (Phi) is 5.98. The van der Waals surface area contributed by atoms with Crippen LogP contribution in [0.5, 0.6) is 0 Å². The molecule has 1 aromatic carbocycles. The van der Waals surface area contributed by atoms with Gasteiger partial charge in [-0.2, -0.15) is 0 Å². The molecule has 2 aromatic rings. The van der Waals surface area contributed by atoms with Crippen LogP contribution in [-0.2, 0) is 11.2 Å². The van der Waals surface area contributed by atoms with Crippen LogP contribution in [0, 0.1) is 11.6 Å². The van der Waals surface area contributed by atoms with Gasteiger partial charge < -0.3 is 9.80 Å². The van der Waals surface area contributed by atoms with Crippen LogP contribution in [0.2, 0.25) is 0 Å². The van der Waals surface area contributed by atoms with Crippen molar-refractivity contribution in [2.24, 2.45) is 0 Å². The van der Waals surface area contributed by atoms with Crippen molar-refractivity contribution in [1.82, 2.24) is 9.80 Å². The smallest absolute Gasteiger partial charge is 0.254 e. The lowest BCUT2D eigenvalue weighted by Gasteiger charge is -2.35. The van der Waals surface area contributed by atoms with Crippen LogP contribution in [0.1, 0.15) is 28.1 Å². The largest absolute Gasteiger partial charge is 0.339 e. The number of carbonyl (C=O) groups excluding carboxylic acids is 2. The van der Waals surface area contributed by atoms with E-state index >= 15 is 0 Å². The molecule has 0 bridgehead atoms. The Morgan fingerprint density at radius 1 is 1.00 bits per heavy atom. The fraction of sp³-hybridized carbons (Fsp3) is 0.368. The molecule has 0 spiro atoms. The maximum absolute atomic E-state index is 13.3. The molecule has 138 valence electrons. The van der Waals surface area contributed by atoms with Crippen LogP contribution < -0.4 is 0 Å². The van der Waals surface area contributed by atoms with Crippen molar-refractivity contribution in [3.8, 4) is 0 Å². The van der Waals surface area contributed by atoms with Crippen LogP contribution in [0.25, 0.3) is 0 Å². The van der Waals surface area contributed by atoms with Crippen molar-refractivity contribution >= 4 is 23.2 Å². The molecule has 3 rings (SSSR count). The molecule has 0 unspecified atom stereocenters. The third kappa shape index (κ3) is 4.46. The van der Waals surface area contributed by atoms with Gasteiger partial charge in [-0.3, -0.25) is 9.59 Å². The summed E-state index contributed by atoms with van der Waals surface area (Å²) < 4.78 is 26.3. The summed E-state index contributed by atoms with van der Waals surface area (Å²) in [4.78, 5) is 29.3. The molecule has 0 radical (unpaired) electrons. The fourth-order valence-electron chi connectivity index (χ4n) is 3.00. The highest BCUT2D eigenvalue weighted by Crippen LogP contribution is 2.15. The number of hydrogen-bond acceptors (Lipinski definition) is 3. The lowest BCUT2D eigenvalue weighted by Crippen LogP contribution is -2.50. The van der Waals surface area contributed by atoms with Crippen molar-refractivity contribution in [1.29, 1.82) is 0 Å². The van der Waals surface area contributed by atoms with Crippen molar-refractivity contribution in [2.75, 3.05) is 26.2 Å². The van der Waals surface area contributed by atoms with E-state index in [1.54, 1.807) is 21.1 Å². The van der Waals surface area contributed by atoms with Gasteiger partial charge in [0.25, 0.3) is 5.91 Å². The molecule has 1 saturated heterocycles. The number of aryl methyl sites for hydroxylation is 1. The van der Waals surface area contributed by atoms with E-state index in [4.69, 9.17) is 0 Å². The third-order valence-corrected chi connectivity index (χ3v) is 5.42. The Labute approximate surface area is 155 Å². The van der Waals surface area contributed by atoms with Crippen molar-refractivity contribution in [2.45, 2.75) is 19.3 Å². The van der Waals surface area contributed by atoms with E-state index in [1.807, 2.05) is 11.4 Å². The molecule has 0 N–H and O–H groups in total. The Morgan fingerprint density at radius 2 is 1.73 bits per heavy atom. The van der Waals surface area contributed by atoms with Crippen LogP contribution >= 0.6 is 11.3 Å². The first-order valence-electron chi connectivity index (χ1n) is 8.59. The van der Waals surface area contributed by atoms with Crippen LogP contribution in [0.15, 0.2) is 35.7 Å². The van der Waals surface area contributed by atoms with Crippen molar-refractivity contribution in [3.05, 3.63) is 57.8 Å². The zero-order valence-corrected chi connectivity index (χ0v) is 15.1. The Morgan fingerprint density at radius 3 is 2.38 bits per heavy atom. The van der Waals surface area contributed by atoms with Gasteiger partial charge in [-0.05, 0) is 42.5 Å². The number of nitrogens with zero attached hydrogens (tertiary/aromatic N) is 2. The summed E-state index contributed by atoms with van der Waals surface area (Å²) in [6.07, 6.45) is 2.21. The number of carbonyl (C=O) groups is 2. The second kappa shape index (κ2) is 8.40. The molecule has 7 heteroatoms. The molecule has 26 heavy (non-hydrogen) atoms. The highest BCUT2D eigenvalue weighted by atomic mass is 32.1. The lowest BCUT2D eigenvalue weighted by molar-refractivity contribution is -0.132. The Hall–Kier alpha value is -2.28. The Bertz CT molecular complexity index is 772. The van der Waals surface area contributed by atoms with E-state index in [0.29, 0.717) is 32.6 Å². The van der Waals surface area contributed by atoms with E-state index in [-0.39, 0.29) is 17.4 Å². The van der Waals surface area contributed by atoms with E-state index in [0.717, 1.165) is 25.0 Å². The summed E-state index contributed by atoms with van der Waals surface area (Å²) in [5.41, 5.74) is 0.125. The van der Waals surface area contributed by atoms with Crippen LogP contribution in [0.3, 0.4) is 0 Å². The molecule has 1 aromatic heterocycles. The van der Waals surface area contributed by atoms with Crippen LogP contribution in [-0.4, -0.2) is 47.8 Å². The maximum Gasteiger partial charge on any atom is 0.254 e. The number of piperazine rings is 1. The maximum atomic E-state index is 13.3. The van der Waals surface area contributed by atoms with Gasteiger partial charge in [0.15, 0.2) is 11.6 Å². The molecule has 1 aliphatic heterocycles. The topological polar surface area (TPSA) is 40.6 Å². The van der Waals surface area contributed by atoms with Gasteiger partial charge in [0.1, 0.15) is 0 Å². The first-order valence-corrected chi connectivity index (χ1v) is 9.47. The summed E-state index contributed by atoms with van der Waals surface area (Å²) in [6, 6.07) is 7.22. The summed E-state index contributed by atoms with van der Waals surface area (Å²) >= 11 is 1.69. The van der Waals surface area contributed by atoms with Gasteiger partial charge in [0, 0.05) is 43.0 Å². The second-order valence-corrected chi connectivity index (χ2v) is 7.27. The van der Waals surface area contributed by atoms with E-state index in [9.17, 15) is 18.4 Å². The minimum absolute atomic E-state index is 0.0986.